The molecule has 2 N–H and O–H groups in total. The standard InChI is InChI=1S/C31H39N3O8/c1-37-27-18-23(19-28(38-2)30(27)39-3)20-29(35)33-10-12-40-14-16-42-17-15-41-13-11-34-31(36)25-7-4-6-24(21-25)26-8-5-9-32-22-26/h4-9,18-19,21-22H,10-17,20H2,1-3H3,(H,33,35)(H,34,36). The van der Waals surface area contributed by atoms with Gasteiger partial charge in [-0.05, 0) is 41.5 Å². The van der Waals surface area contributed by atoms with Crippen molar-refractivity contribution >= 4 is 11.8 Å². The molecule has 0 saturated heterocycles. The molecule has 11 nitrogen and oxygen atoms in total. The first-order chi connectivity index (χ1) is 20.5. The highest BCUT2D eigenvalue weighted by molar-refractivity contribution is 5.95. The van der Waals surface area contributed by atoms with Gasteiger partial charge in [0.2, 0.25) is 11.7 Å². The summed E-state index contributed by atoms with van der Waals surface area (Å²) in [6.45, 7) is 3.15. The Kier molecular flexibility index (Phi) is 14.1. The highest BCUT2D eigenvalue weighted by Gasteiger charge is 2.15. The van der Waals surface area contributed by atoms with Crippen LogP contribution in [0.4, 0.5) is 0 Å². The van der Waals surface area contributed by atoms with E-state index in [9.17, 15) is 9.59 Å². The summed E-state index contributed by atoms with van der Waals surface area (Å²) in [5.41, 5.74) is 3.22. The third-order valence-electron chi connectivity index (χ3n) is 6.05. The van der Waals surface area contributed by atoms with Crippen LogP contribution < -0.4 is 24.8 Å². The van der Waals surface area contributed by atoms with Crippen LogP contribution in [-0.4, -0.2) is 90.9 Å². The summed E-state index contributed by atoms with van der Waals surface area (Å²) in [6, 6.07) is 14.7. The van der Waals surface area contributed by atoms with Gasteiger partial charge in [-0.1, -0.05) is 18.2 Å². The lowest BCUT2D eigenvalue weighted by atomic mass is 10.0. The highest BCUT2D eigenvalue weighted by atomic mass is 16.5. The minimum atomic E-state index is -0.157. The SMILES string of the molecule is COc1cc(CC(=O)NCCOCCOCCOCCNC(=O)c2cccc(-c3cccnc3)c2)cc(OC)c1OC. The van der Waals surface area contributed by atoms with Crippen LogP contribution in [0.25, 0.3) is 11.1 Å². The molecule has 0 aliphatic carbocycles. The van der Waals surface area contributed by atoms with Crippen molar-refractivity contribution in [2.75, 3.05) is 74.1 Å². The maximum Gasteiger partial charge on any atom is 0.251 e. The minimum absolute atomic E-state index is 0.143. The van der Waals surface area contributed by atoms with Gasteiger partial charge < -0.3 is 39.1 Å². The second-order valence-electron chi connectivity index (χ2n) is 8.98. The van der Waals surface area contributed by atoms with Crippen LogP contribution in [0.5, 0.6) is 17.2 Å². The molecule has 0 radical (unpaired) electrons. The molecule has 1 aromatic heterocycles. The number of ether oxygens (including phenoxy) is 6. The molecule has 42 heavy (non-hydrogen) atoms. The van der Waals surface area contributed by atoms with E-state index in [0.717, 1.165) is 16.7 Å². The molecule has 0 atom stereocenters. The molecule has 0 unspecified atom stereocenters. The Morgan fingerprint density at radius 2 is 1.33 bits per heavy atom. The maximum absolute atomic E-state index is 12.4. The number of carbonyl (C=O) groups is 2. The summed E-state index contributed by atoms with van der Waals surface area (Å²) in [5.74, 6) is 1.18. The van der Waals surface area contributed by atoms with Crippen molar-refractivity contribution in [3.05, 3.63) is 72.1 Å². The van der Waals surface area contributed by atoms with Crippen LogP contribution >= 0.6 is 0 Å². The van der Waals surface area contributed by atoms with E-state index in [1.165, 1.54) is 21.3 Å². The number of hydrogen-bond donors (Lipinski definition) is 2. The molecule has 0 aliphatic rings. The average Bonchev–Trinajstić information content (AvgIpc) is 3.03. The van der Waals surface area contributed by atoms with E-state index in [1.54, 1.807) is 30.6 Å². The molecule has 0 spiro atoms. The summed E-state index contributed by atoms with van der Waals surface area (Å²) in [5, 5.41) is 5.68. The molecule has 0 aliphatic heterocycles. The first-order valence-corrected chi connectivity index (χ1v) is 13.6. The quantitative estimate of drug-likeness (QED) is 0.206. The van der Waals surface area contributed by atoms with Gasteiger partial charge >= 0.3 is 0 Å². The smallest absolute Gasteiger partial charge is 0.251 e. The van der Waals surface area contributed by atoms with Gasteiger partial charge in [0.25, 0.3) is 5.91 Å². The molecular formula is C31H39N3O8. The molecule has 1 heterocycles. The lowest BCUT2D eigenvalue weighted by Crippen LogP contribution is -2.29. The minimum Gasteiger partial charge on any atom is -0.493 e. The summed E-state index contributed by atoms with van der Waals surface area (Å²) in [6.07, 6.45) is 3.65. The first kappa shape index (κ1) is 32.3. The highest BCUT2D eigenvalue weighted by Crippen LogP contribution is 2.38. The molecule has 226 valence electrons. The van der Waals surface area contributed by atoms with Crippen molar-refractivity contribution in [1.29, 1.82) is 0 Å². The third-order valence-corrected chi connectivity index (χ3v) is 6.05. The van der Waals surface area contributed by atoms with Gasteiger partial charge in [0, 0.05) is 36.6 Å². The predicted molar refractivity (Wildman–Crippen MR) is 157 cm³/mol. The van der Waals surface area contributed by atoms with Gasteiger partial charge in [0.05, 0.1) is 67.4 Å². The van der Waals surface area contributed by atoms with Gasteiger partial charge in [0.15, 0.2) is 11.5 Å². The zero-order valence-corrected chi connectivity index (χ0v) is 24.4. The van der Waals surface area contributed by atoms with Gasteiger partial charge in [-0.3, -0.25) is 14.6 Å². The molecule has 0 fully saturated rings. The van der Waals surface area contributed by atoms with Crippen LogP contribution in [0.3, 0.4) is 0 Å². The van der Waals surface area contributed by atoms with Crippen molar-refractivity contribution < 1.29 is 38.0 Å². The second kappa shape index (κ2) is 18.3. The Bertz CT molecular complexity index is 1230. The first-order valence-electron chi connectivity index (χ1n) is 13.6. The number of benzene rings is 2. The van der Waals surface area contributed by atoms with E-state index < -0.39 is 0 Å². The normalized spacial score (nSPS) is 10.6. The zero-order chi connectivity index (χ0) is 30.0. The Balaban J connectivity index is 1.17. The van der Waals surface area contributed by atoms with E-state index >= 15 is 0 Å². The van der Waals surface area contributed by atoms with E-state index in [1.807, 2.05) is 30.3 Å². The van der Waals surface area contributed by atoms with Crippen molar-refractivity contribution in [3.63, 3.8) is 0 Å². The van der Waals surface area contributed by atoms with Gasteiger partial charge in [-0.25, -0.2) is 0 Å². The number of nitrogens with zero attached hydrogens (tertiary/aromatic N) is 1. The summed E-state index contributed by atoms with van der Waals surface area (Å²) >= 11 is 0. The lowest BCUT2D eigenvalue weighted by Gasteiger charge is -2.14. The van der Waals surface area contributed by atoms with E-state index in [2.05, 4.69) is 15.6 Å². The van der Waals surface area contributed by atoms with Gasteiger partial charge in [-0.15, -0.1) is 0 Å². The number of hydrogen-bond acceptors (Lipinski definition) is 9. The van der Waals surface area contributed by atoms with Crippen LogP contribution in [-0.2, 0) is 25.4 Å². The van der Waals surface area contributed by atoms with Crippen molar-refractivity contribution in [2.45, 2.75) is 6.42 Å². The van der Waals surface area contributed by atoms with E-state index in [4.69, 9.17) is 28.4 Å². The number of amides is 2. The molecule has 0 bridgehead atoms. The Morgan fingerprint density at radius 3 is 1.93 bits per heavy atom. The van der Waals surface area contributed by atoms with Crippen molar-refractivity contribution in [2.24, 2.45) is 0 Å². The maximum atomic E-state index is 12.4. The lowest BCUT2D eigenvalue weighted by molar-refractivity contribution is -0.120. The van der Waals surface area contributed by atoms with Gasteiger partial charge in [0.1, 0.15) is 0 Å². The van der Waals surface area contributed by atoms with Crippen molar-refractivity contribution in [3.8, 4) is 28.4 Å². The molecule has 3 aromatic rings. The summed E-state index contributed by atoms with van der Waals surface area (Å²) < 4.78 is 32.5. The second-order valence-corrected chi connectivity index (χ2v) is 8.98. The number of methoxy groups -OCH3 is 3. The van der Waals surface area contributed by atoms with Crippen LogP contribution in [0.2, 0.25) is 0 Å². The number of rotatable bonds is 19. The predicted octanol–water partition coefficient (Wildman–Crippen LogP) is 2.91. The fourth-order valence-corrected chi connectivity index (χ4v) is 4.00. The van der Waals surface area contributed by atoms with Gasteiger partial charge in [-0.2, -0.15) is 0 Å². The largest absolute Gasteiger partial charge is 0.493 e. The fraction of sp³-hybridized carbons (Fsp3) is 0.387. The van der Waals surface area contributed by atoms with Crippen LogP contribution in [0.15, 0.2) is 60.9 Å². The monoisotopic (exact) mass is 581 g/mol. The van der Waals surface area contributed by atoms with E-state index in [-0.39, 0.29) is 18.2 Å². The summed E-state index contributed by atoms with van der Waals surface area (Å²) in [4.78, 5) is 28.8. The Hall–Kier alpha value is -4.19. The van der Waals surface area contributed by atoms with E-state index in [0.29, 0.717) is 75.5 Å². The molecular weight excluding hydrogens is 542 g/mol. The Morgan fingerprint density at radius 1 is 0.714 bits per heavy atom. The zero-order valence-electron chi connectivity index (χ0n) is 24.4. The van der Waals surface area contributed by atoms with Crippen molar-refractivity contribution in [1.82, 2.24) is 15.6 Å². The molecule has 11 heteroatoms. The topological polar surface area (TPSA) is 126 Å². The summed E-state index contributed by atoms with van der Waals surface area (Å²) in [7, 11) is 4.59. The number of carbonyl (C=O) groups excluding carboxylic acids is 2. The number of aromatic nitrogens is 1. The number of pyridine rings is 1. The molecule has 2 amide bonds. The van der Waals surface area contributed by atoms with Crippen LogP contribution in [0.1, 0.15) is 15.9 Å². The molecule has 0 saturated carbocycles. The average molecular weight is 582 g/mol. The van der Waals surface area contributed by atoms with Crippen LogP contribution in [0, 0.1) is 0 Å². The molecule has 2 aromatic carbocycles. The Labute approximate surface area is 246 Å². The molecule has 3 rings (SSSR count). The third kappa shape index (κ3) is 10.7. The number of nitrogens with one attached hydrogen (secondary N) is 2. The fourth-order valence-electron chi connectivity index (χ4n) is 4.00.